The van der Waals surface area contributed by atoms with Crippen molar-refractivity contribution in [1.82, 2.24) is 10.3 Å². The molecule has 0 unspecified atom stereocenters. The van der Waals surface area contributed by atoms with Gasteiger partial charge in [0.05, 0.1) is 4.92 Å². The summed E-state index contributed by atoms with van der Waals surface area (Å²) in [4.78, 5) is 24.7. The molecule has 6 heteroatoms. The second-order valence-corrected chi connectivity index (χ2v) is 3.71. The predicted octanol–water partition coefficient (Wildman–Crippen LogP) is 1.85. The molecular weight excluding hydrogens is 234 g/mol. The number of nitrogens with one attached hydrogen (secondary N) is 2. The maximum atomic E-state index is 11.8. The van der Waals surface area contributed by atoms with E-state index in [1.165, 1.54) is 18.2 Å². The van der Waals surface area contributed by atoms with Gasteiger partial charge in [-0.05, 0) is 17.7 Å². The zero-order valence-electron chi connectivity index (χ0n) is 9.42. The molecule has 0 aliphatic carbocycles. The van der Waals surface area contributed by atoms with Crippen LogP contribution in [0.3, 0.4) is 0 Å². The summed E-state index contributed by atoms with van der Waals surface area (Å²) in [7, 11) is 0. The fourth-order valence-electron chi connectivity index (χ4n) is 1.51. The fraction of sp³-hybridized carbons (Fsp3) is 0.0833. The largest absolute Gasteiger partial charge is 0.367 e. The number of aromatic nitrogens is 1. The lowest BCUT2D eigenvalue weighted by atomic mass is 10.2. The lowest BCUT2D eigenvalue weighted by molar-refractivity contribution is -0.384. The molecule has 0 saturated carbocycles. The average molecular weight is 245 g/mol. The molecular formula is C12H11N3O3. The molecule has 1 amide bonds. The molecule has 2 rings (SSSR count). The number of carbonyl (C=O) groups excluding carboxylic acids is 1. The number of hydrogen-bond donors (Lipinski definition) is 2. The van der Waals surface area contributed by atoms with Gasteiger partial charge in [0.15, 0.2) is 0 Å². The summed E-state index contributed by atoms with van der Waals surface area (Å²) in [5.41, 5.74) is 1.12. The van der Waals surface area contributed by atoms with Gasteiger partial charge in [-0.1, -0.05) is 6.07 Å². The molecule has 0 spiro atoms. The molecule has 2 N–H and O–H groups in total. The lowest BCUT2D eigenvalue weighted by Gasteiger charge is -2.03. The minimum absolute atomic E-state index is 0.0932. The van der Waals surface area contributed by atoms with Crippen LogP contribution in [0, 0.1) is 10.1 Å². The second-order valence-electron chi connectivity index (χ2n) is 3.71. The van der Waals surface area contributed by atoms with Gasteiger partial charge in [0.1, 0.15) is 0 Å². The van der Waals surface area contributed by atoms with Crippen LogP contribution in [0.15, 0.2) is 42.7 Å². The molecule has 0 fully saturated rings. The van der Waals surface area contributed by atoms with Crippen LogP contribution in [0.2, 0.25) is 0 Å². The van der Waals surface area contributed by atoms with E-state index in [2.05, 4.69) is 10.3 Å². The van der Waals surface area contributed by atoms with Gasteiger partial charge in [0.2, 0.25) is 0 Å². The van der Waals surface area contributed by atoms with Crippen molar-refractivity contribution < 1.29 is 9.72 Å². The van der Waals surface area contributed by atoms with Gasteiger partial charge >= 0.3 is 0 Å². The molecule has 0 bridgehead atoms. The molecule has 18 heavy (non-hydrogen) atoms. The van der Waals surface area contributed by atoms with E-state index in [1.54, 1.807) is 18.5 Å². The molecule has 0 atom stereocenters. The Kier molecular flexibility index (Phi) is 3.38. The van der Waals surface area contributed by atoms with Crippen LogP contribution >= 0.6 is 0 Å². The Bertz CT molecular complexity index is 564. The van der Waals surface area contributed by atoms with Gasteiger partial charge in [-0.25, -0.2) is 0 Å². The fourth-order valence-corrected chi connectivity index (χ4v) is 1.51. The normalized spacial score (nSPS) is 10.0. The molecule has 6 nitrogen and oxygen atoms in total. The van der Waals surface area contributed by atoms with E-state index in [0.29, 0.717) is 6.54 Å². The number of H-pyrrole nitrogens is 1. The Balaban J connectivity index is 2.04. The van der Waals surface area contributed by atoms with Crippen molar-refractivity contribution in [2.45, 2.75) is 6.54 Å². The van der Waals surface area contributed by atoms with Gasteiger partial charge in [-0.15, -0.1) is 0 Å². The van der Waals surface area contributed by atoms with Crippen molar-refractivity contribution in [1.29, 1.82) is 0 Å². The van der Waals surface area contributed by atoms with Crippen LogP contribution in [0.1, 0.15) is 15.9 Å². The number of carbonyl (C=O) groups is 1. The summed E-state index contributed by atoms with van der Waals surface area (Å²) in [5, 5.41) is 13.3. The number of rotatable bonds is 4. The van der Waals surface area contributed by atoms with Crippen molar-refractivity contribution in [2.24, 2.45) is 0 Å². The topological polar surface area (TPSA) is 88.0 Å². The van der Waals surface area contributed by atoms with Gasteiger partial charge in [-0.3, -0.25) is 14.9 Å². The number of nitrogens with zero attached hydrogens (tertiary/aromatic N) is 1. The molecule has 2 aromatic rings. The van der Waals surface area contributed by atoms with E-state index in [1.807, 2.05) is 6.07 Å². The van der Waals surface area contributed by atoms with Crippen LogP contribution < -0.4 is 5.32 Å². The van der Waals surface area contributed by atoms with E-state index in [0.717, 1.165) is 5.56 Å². The van der Waals surface area contributed by atoms with Gasteiger partial charge in [-0.2, -0.15) is 0 Å². The molecule has 0 aliphatic heterocycles. The van der Waals surface area contributed by atoms with Crippen LogP contribution in [0.25, 0.3) is 0 Å². The molecule has 0 aliphatic rings. The summed E-state index contributed by atoms with van der Waals surface area (Å²) in [5.74, 6) is -0.333. The van der Waals surface area contributed by atoms with Gasteiger partial charge in [0, 0.05) is 36.6 Å². The van der Waals surface area contributed by atoms with E-state index in [9.17, 15) is 14.9 Å². The highest BCUT2D eigenvalue weighted by Crippen LogP contribution is 2.13. The Labute approximate surface area is 103 Å². The van der Waals surface area contributed by atoms with E-state index >= 15 is 0 Å². The summed E-state index contributed by atoms with van der Waals surface area (Å²) in [6.45, 7) is 0.380. The van der Waals surface area contributed by atoms with E-state index < -0.39 is 4.92 Å². The van der Waals surface area contributed by atoms with Crippen LogP contribution in [-0.2, 0) is 6.54 Å². The van der Waals surface area contributed by atoms with Gasteiger partial charge < -0.3 is 10.3 Å². The third kappa shape index (κ3) is 2.73. The summed E-state index contributed by atoms with van der Waals surface area (Å²) >= 11 is 0. The first kappa shape index (κ1) is 11.8. The number of amides is 1. The maximum absolute atomic E-state index is 11.8. The second kappa shape index (κ2) is 5.13. The van der Waals surface area contributed by atoms with Crippen LogP contribution in [0.5, 0.6) is 0 Å². The highest BCUT2D eigenvalue weighted by atomic mass is 16.6. The van der Waals surface area contributed by atoms with Crippen molar-refractivity contribution in [3.63, 3.8) is 0 Å². The first-order chi connectivity index (χ1) is 8.66. The SMILES string of the molecule is O=C(NCc1cc[nH]c1)c1cccc([N+](=O)[O-])c1. The monoisotopic (exact) mass is 245 g/mol. The number of aromatic amines is 1. The summed E-state index contributed by atoms with van der Waals surface area (Å²) in [6.07, 6.45) is 3.53. The van der Waals surface area contributed by atoms with E-state index in [-0.39, 0.29) is 17.2 Å². The first-order valence-corrected chi connectivity index (χ1v) is 5.31. The molecule has 1 aromatic heterocycles. The third-order valence-electron chi connectivity index (χ3n) is 2.43. The quantitative estimate of drug-likeness (QED) is 0.636. The number of non-ortho nitro benzene ring substituents is 1. The molecule has 92 valence electrons. The minimum atomic E-state index is -0.525. The lowest BCUT2D eigenvalue weighted by Crippen LogP contribution is -2.22. The summed E-state index contributed by atoms with van der Waals surface area (Å²) in [6, 6.07) is 7.48. The Morgan fingerprint density at radius 1 is 1.39 bits per heavy atom. The standard InChI is InChI=1S/C12H11N3O3/c16-12(14-8-9-4-5-13-7-9)10-2-1-3-11(6-10)15(17)18/h1-7,13H,8H2,(H,14,16). The molecule has 1 aromatic carbocycles. The minimum Gasteiger partial charge on any atom is -0.367 e. The highest BCUT2D eigenvalue weighted by Gasteiger charge is 2.10. The number of benzene rings is 1. The predicted molar refractivity (Wildman–Crippen MR) is 65.1 cm³/mol. The smallest absolute Gasteiger partial charge is 0.270 e. The average Bonchev–Trinajstić information content (AvgIpc) is 2.89. The van der Waals surface area contributed by atoms with Crippen LogP contribution in [0.4, 0.5) is 5.69 Å². The van der Waals surface area contributed by atoms with Crippen molar-refractivity contribution in [3.05, 3.63) is 64.0 Å². The van der Waals surface area contributed by atoms with Gasteiger partial charge in [0.25, 0.3) is 11.6 Å². The van der Waals surface area contributed by atoms with Crippen molar-refractivity contribution in [3.8, 4) is 0 Å². The Hall–Kier alpha value is -2.63. The third-order valence-corrected chi connectivity index (χ3v) is 2.43. The van der Waals surface area contributed by atoms with Crippen molar-refractivity contribution in [2.75, 3.05) is 0 Å². The first-order valence-electron chi connectivity index (χ1n) is 5.31. The number of nitro benzene ring substituents is 1. The molecule has 1 heterocycles. The highest BCUT2D eigenvalue weighted by molar-refractivity contribution is 5.94. The zero-order valence-corrected chi connectivity index (χ0v) is 9.42. The number of hydrogen-bond acceptors (Lipinski definition) is 3. The zero-order chi connectivity index (χ0) is 13.0. The summed E-state index contributed by atoms with van der Waals surface area (Å²) < 4.78 is 0. The Morgan fingerprint density at radius 2 is 2.22 bits per heavy atom. The van der Waals surface area contributed by atoms with Crippen LogP contribution in [-0.4, -0.2) is 15.8 Å². The maximum Gasteiger partial charge on any atom is 0.270 e. The molecule has 0 radical (unpaired) electrons. The Morgan fingerprint density at radius 3 is 2.89 bits per heavy atom. The molecule has 0 saturated heterocycles. The van der Waals surface area contributed by atoms with E-state index in [4.69, 9.17) is 0 Å². The van der Waals surface area contributed by atoms with Crippen molar-refractivity contribution >= 4 is 11.6 Å². The number of nitro groups is 1.